The molecule has 0 radical (unpaired) electrons. The molecule has 9 heavy (non-hydrogen) atoms. The molecule has 0 heterocycles. The van der Waals surface area contributed by atoms with Crippen molar-refractivity contribution in [2.24, 2.45) is 11.7 Å². The summed E-state index contributed by atoms with van der Waals surface area (Å²) < 4.78 is 0. The summed E-state index contributed by atoms with van der Waals surface area (Å²) in [5, 5.41) is 0. The van der Waals surface area contributed by atoms with Gasteiger partial charge < -0.3 is 5.73 Å². The third kappa shape index (κ3) is 11.5. The Morgan fingerprint density at radius 1 is 1.33 bits per heavy atom. The fourth-order valence-corrected chi connectivity index (χ4v) is 0.611. The smallest absolute Gasteiger partial charge is 0.00515 e. The molecule has 0 aliphatic rings. The summed E-state index contributed by atoms with van der Waals surface area (Å²) in [6, 6.07) is 0. The monoisotopic (exact) mass is 131 g/mol. The lowest BCUT2D eigenvalue weighted by molar-refractivity contribution is 0.536. The fraction of sp³-hybridized carbons (Fsp3) is 1.00. The van der Waals surface area contributed by atoms with Crippen LogP contribution >= 0.6 is 0 Å². The van der Waals surface area contributed by atoms with Gasteiger partial charge in [0.05, 0.1) is 0 Å². The predicted octanol–water partition coefficient (Wildman–Crippen LogP) is 2.41. The van der Waals surface area contributed by atoms with Gasteiger partial charge in [-0.25, -0.2) is 0 Å². The Bertz CT molecular complexity index is 35.5. The molecule has 58 valence electrons. The van der Waals surface area contributed by atoms with Gasteiger partial charge in [-0.15, -0.1) is 0 Å². The fourth-order valence-electron chi connectivity index (χ4n) is 0.611. The Morgan fingerprint density at radius 2 is 1.78 bits per heavy atom. The zero-order valence-corrected chi connectivity index (χ0v) is 7.28. The molecule has 0 aliphatic heterocycles. The zero-order chi connectivity index (χ0) is 7.70. The van der Waals surface area contributed by atoms with E-state index in [4.69, 9.17) is 5.73 Å². The van der Waals surface area contributed by atoms with Crippen molar-refractivity contribution < 1.29 is 0 Å². The van der Waals surface area contributed by atoms with Gasteiger partial charge in [0.25, 0.3) is 0 Å². The van der Waals surface area contributed by atoms with Crippen LogP contribution in [0.2, 0.25) is 0 Å². The molecule has 1 nitrogen and oxygen atoms in total. The first-order chi connectivity index (χ1) is 4.31. The van der Waals surface area contributed by atoms with E-state index in [1.807, 2.05) is 13.8 Å². The maximum absolute atomic E-state index is 5.36. The standard InChI is InChI=1S/C6H15N.C2H6/c1-3-4-6(2)5-7;1-2/h6H,3-5,7H2,1-2H3;1-2H3/t6-;/m0./s1. The van der Waals surface area contributed by atoms with Crippen LogP contribution in [0.15, 0.2) is 0 Å². The molecule has 1 atom stereocenters. The Kier molecular flexibility index (Phi) is 14.1. The molecular weight excluding hydrogens is 110 g/mol. The summed E-state index contributed by atoms with van der Waals surface area (Å²) in [7, 11) is 0. The van der Waals surface area contributed by atoms with E-state index >= 15 is 0 Å². The molecule has 0 spiro atoms. The molecular formula is C8H21N. The van der Waals surface area contributed by atoms with Crippen LogP contribution < -0.4 is 5.73 Å². The van der Waals surface area contributed by atoms with Crippen molar-refractivity contribution >= 4 is 0 Å². The van der Waals surface area contributed by atoms with Crippen molar-refractivity contribution in [1.29, 1.82) is 0 Å². The van der Waals surface area contributed by atoms with Crippen molar-refractivity contribution in [2.75, 3.05) is 6.54 Å². The van der Waals surface area contributed by atoms with E-state index in [-0.39, 0.29) is 0 Å². The van der Waals surface area contributed by atoms with Crippen LogP contribution in [0.1, 0.15) is 40.5 Å². The first-order valence-electron chi connectivity index (χ1n) is 4.01. The first-order valence-corrected chi connectivity index (χ1v) is 4.01. The average Bonchev–Trinajstić information content (AvgIpc) is 1.93. The third-order valence-corrected chi connectivity index (χ3v) is 1.18. The number of hydrogen-bond acceptors (Lipinski definition) is 1. The molecule has 0 rings (SSSR count). The highest BCUT2D eigenvalue weighted by Crippen LogP contribution is 2.00. The van der Waals surface area contributed by atoms with E-state index < -0.39 is 0 Å². The van der Waals surface area contributed by atoms with Crippen molar-refractivity contribution in [3.63, 3.8) is 0 Å². The van der Waals surface area contributed by atoms with Gasteiger partial charge >= 0.3 is 0 Å². The second kappa shape index (κ2) is 10.9. The first kappa shape index (κ1) is 11.7. The van der Waals surface area contributed by atoms with E-state index in [2.05, 4.69) is 13.8 Å². The highest BCUT2D eigenvalue weighted by Gasteiger charge is 1.92. The lowest BCUT2D eigenvalue weighted by atomic mass is 10.1. The van der Waals surface area contributed by atoms with Crippen molar-refractivity contribution in [2.45, 2.75) is 40.5 Å². The van der Waals surface area contributed by atoms with E-state index in [0.717, 1.165) is 12.5 Å². The van der Waals surface area contributed by atoms with Gasteiger partial charge in [-0.05, 0) is 18.9 Å². The topological polar surface area (TPSA) is 26.0 Å². The highest BCUT2D eigenvalue weighted by atomic mass is 14.5. The molecule has 0 aromatic heterocycles. The molecule has 0 saturated carbocycles. The molecule has 0 aliphatic carbocycles. The van der Waals surface area contributed by atoms with Crippen LogP contribution in [0.4, 0.5) is 0 Å². The maximum Gasteiger partial charge on any atom is -0.00515 e. The number of rotatable bonds is 3. The van der Waals surface area contributed by atoms with Crippen molar-refractivity contribution in [3.05, 3.63) is 0 Å². The maximum atomic E-state index is 5.36. The number of nitrogens with two attached hydrogens (primary N) is 1. The Labute approximate surface area is 59.6 Å². The molecule has 0 aromatic carbocycles. The van der Waals surface area contributed by atoms with Gasteiger partial charge in [0.2, 0.25) is 0 Å². The summed E-state index contributed by atoms with van der Waals surface area (Å²) >= 11 is 0. The minimum Gasteiger partial charge on any atom is -0.330 e. The predicted molar refractivity (Wildman–Crippen MR) is 44.5 cm³/mol. The lowest BCUT2D eigenvalue weighted by Crippen LogP contribution is -2.09. The van der Waals surface area contributed by atoms with Gasteiger partial charge in [0, 0.05) is 0 Å². The second-order valence-electron chi connectivity index (χ2n) is 2.13. The van der Waals surface area contributed by atoms with Crippen LogP contribution in [0, 0.1) is 5.92 Å². The van der Waals surface area contributed by atoms with E-state index in [0.29, 0.717) is 0 Å². The highest BCUT2D eigenvalue weighted by molar-refractivity contribution is 4.49. The second-order valence-corrected chi connectivity index (χ2v) is 2.13. The average molecular weight is 131 g/mol. The van der Waals surface area contributed by atoms with Crippen LogP contribution in [0.5, 0.6) is 0 Å². The van der Waals surface area contributed by atoms with Gasteiger partial charge in [0.15, 0.2) is 0 Å². The molecule has 1 heteroatoms. The van der Waals surface area contributed by atoms with Gasteiger partial charge in [-0.2, -0.15) is 0 Å². The normalized spacial score (nSPS) is 11.7. The Hall–Kier alpha value is -0.0400. The molecule has 0 amide bonds. The summed E-state index contributed by atoms with van der Waals surface area (Å²) in [5.74, 6) is 0.727. The molecule has 0 unspecified atom stereocenters. The van der Waals surface area contributed by atoms with Crippen LogP contribution in [0.3, 0.4) is 0 Å². The molecule has 0 bridgehead atoms. The Balaban J connectivity index is 0. The van der Waals surface area contributed by atoms with Gasteiger partial charge in [-0.3, -0.25) is 0 Å². The van der Waals surface area contributed by atoms with E-state index in [9.17, 15) is 0 Å². The summed E-state index contributed by atoms with van der Waals surface area (Å²) in [6.07, 6.45) is 2.54. The summed E-state index contributed by atoms with van der Waals surface area (Å²) in [6.45, 7) is 9.21. The van der Waals surface area contributed by atoms with Crippen molar-refractivity contribution in [3.8, 4) is 0 Å². The minimum absolute atomic E-state index is 0.727. The van der Waals surface area contributed by atoms with Crippen LogP contribution in [-0.2, 0) is 0 Å². The minimum atomic E-state index is 0.727. The molecule has 0 fully saturated rings. The van der Waals surface area contributed by atoms with Crippen LogP contribution in [-0.4, -0.2) is 6.54 Å². The van der Waals surface area contributed by atoms with Crippen molar-refractivity contribution in [1.82, 2.24) is 0 Å². The third-order valence-electron chi connectivity index (χ3n) is 1.18. The molecule has 0 aromatic rings. The SMILES string of the molecule is CC.CCC[C@H](C)CN. The Morgan fingerprint density at radius 3 is 1.89 bits per heavy atom. The largest absolute Gasteiger partial charge is 0.330 e. The van der Waals surface area contributed by atoms with Crippen LogP contribution in [0.25, 0.3) is 0 Å². The number of hydrogen-bond donors (Lipinski definition) is 1. The van der Waals surface area contributed by atoms with Gasteiger partial charge in [-0.1, -0.05) is 34.1 Å². The van der Waals surface area contributed by atoms with E-state index in [1.54, 1.807) is 0 Å². The van der Waals surface area contributed by atoms with Gasteiger partial charge in [0.1, 0.15) is 0 Å². The summed E-state index contributed by atoms with van der Waals surface area (Å²) in [4.78, 5) is 0. The lowest BCUT2D eigenvalue weighted by Gasteiger charge is -2.02. The summed E-state index contributed by atoms with van der Waals surface area (Å²) in [5.41, 5.74) is 5.36. The van der Waals surface area contributed by atoms with E-state index in [1.165, 1.54) is 12.8 Å². The zero-order valence-electron chi connectivity index (χ0n) is 7.28. The molecule has 2 N–H and O–H groups in total. The molecule has 0 saturated heterocycles. The quantitative estimate of drug-likeness (QED) is 0.625.